The lowest BCUT2D eigenvalue weighted by molar-refractivity contribution is -0.116. The predicted molar refractivity (Wildman–Crippen MR) is 122 cm³/mol. The van der Waals surface area contributed by atoms with Crippen molar-refractivity contribution in [2.24, 2.45) is 0 Å². The first kappa shape index (κ1) is 20.5. The Hall–Kier alpha value is -3.80. The van der Waals surface area contributed by atoms with Gasteiger partial charge >= 0.3 is 0 Å². The van der Waals surface area contributed by atoms with Crippen LogP contribution >= 0.6 is 0 Å². The van der Waals surface area contributed by atoms with Crippen LogP contribution in [0.2, 0.25) is 0 Å². The number of fused-ring (bicyclic) bond motifs is 1. The Morgan fingerprint density at radius 3 is 2.58 bits per heavy atom. The molecular weight excluding hydrogens is 390 g/mol. The molecule has 6 nitrogen and oxygen atoms in total. The van der Waals surface area contributed by atoms with Crippen LogP contribution in [0.1, 0.15) is 19.2 Å². The second-order valence-corrected chi connectivity index (χ2v) is 7.03. The van der Waals surface area contributed by atoms with Gasteiger partial charge in [-0.1, -0.05) is 30.3 Å². The van der Waals surface area contributed by atoms with E-state index >= 15 is 0 Å². The summed E-state index contributed by atoms with van der Waals surface area (Å²) < 4.78 is 13.0. The molecule has 1 aromatic heterocycles. The van der Waals surface area contributed by atoms with E-state index in [4.69, 9.17) is 14.5 Å². The van der Waals surface area contributed by atoms with E-state index in [1.54, 1.807) is 19.2 Å². The number of methoxy groups -OCH3 is 1. The molecule has 0 spiro atoms. The first-order chi connectivity index (χ1) is 15.2. The Bertz CT molecular complexity index is 1190. The first-order valence-electron chi connectivity index (χ1n) is 10.3. The normalized spacial score (nSPS) is 10.8. The number of amides is 1. The van der Waals surface area contributed by atoms with Crippen molar-refractivity contribution >= 4 is 22.6 Å². The van der Waals surface area contributed by atoms with Crippen molar-refractivity contribution in [1.82, 2.24) is 9.55 Å². The third-order valence-corrected chi connectivity index (χ3v) is 4.98. The van der Waals surface area contributed by atoms with Crippen LogP contribution < -0.4 is 14.8 Å². The number of benzene rings is 3. The van der Waals surface area contributed by atoms with Crippen molar-refractivity contribution in [3.05, 3.63) is 78.6 Å². The van der Waals surface area contributed by atoms with E-state index in [0.717, 1.165) is 22.5 Å². The number of anilines is 1. The van der Waals surface area contributed by atoms with Gasteiger partial charge in [-0.3, -0.25) is 9.36 Å². The van der Waals surface area contributed by atoms with Gasteiger partial charge in [0.05, 0.1) is 30.4 Å². The molecule has 0 aliphatic heterocycles. The van der Waals surface area contributed by atoms with Crippen molar-refractivity contribution in [2.45, 2.75) is 19.8 Å². The van der Waals surface area contributed by atoms with Gasteiger partial charge in [-0.05, 0) is 43.3 Å². The second kappa shape index (κ2) is 9.34. The van der Waals surface area contributed by atoms with Crippen molar-refractivity contribution in [3.63, 3.8) is 0 Å². The maximum Gasteiger partial charge on any atom is 0.224 e. The number of imidazole rings is 1. The first-order valence-corrected chi connectivity index (χ1v) is 10.3. The molecule has 158 valence electrons. The van der Waals surface area contributed by atoms with Gasteiger partial charge in [0.2, 0.25) is 5.91 Å². The van der Waals surface area contributed by atoms with E-state index in [1.807, 2.05) is 67.6 Å². The minimum absolute atomic E-state index is 0.110. The number of rotatable bonds is 8. The van der Waals surface area contributed by atoms with Crippen LogP contribution in [0.4, 0.5) is 5.69 Å². The molecule has 0 aliphatic carbocycles. The molecule has 1 amide bonds. The summed E-state index contributed by atoms with van der Waals surface area (Å²) in [5.41, 5.74) is 3.56. The van der Waals surface area contributed by atoms with Gasteiger partial charge in [0.1, 0.15) is 17.3 Å². The summed E-state index contributed by atoms with van der Waals surface area (Å²) >= 11 is 0. The Morgan fingerprint density at radius 2 is 1.81 bits per heavy atom. The lowest BCUT2D eigenvalue weighted by Gasteiger charge is -2.13. The van der Waals surface area contributed by atoms with Crippen LogP contribution in [-0.4, -0.2) is 29.2 Å². The molecule has 6 heteroatoms. The Kier molecular flexibility index (Phi) is 6.17. The van der Waals surface area contributed by atoms with Gasteiger partial charge < -0.3 is 14.8 Å². The molecule has 0 saturated heterocycles. The number of hydrogen-bond donors (Lipinski definition) is 1. The van der Waals surface area contributed by atoms with Crippen LogP contribution in [0.25, 0.3) is 16.7 Å². The summed E-state index contributed by atoms with van der Waals surface area (Å²) in [5, 5.41) is 2.95. The Labute approximate surface area is 181 Å². The molecule has 3 aromatic carbocycles. The van der Waals surface area contributed by atoms with E-state index in [-0.39, 0.29) is 5.91 Å². The summed E-state index contributed by atoms with van der Waals surface area (Å²) in [4.78, 5) is 17.5. The quantitative estimate of drug-likeness (QED) is 0.440. The van der Waals surface area contributed by atoms with Crippen LogP contribution in [0.5, 0.6) is 11.5 Å². The van der Waals surface area contributed by atoms with Gasteiger partial charge in [-0.25, -0.2) is 4.98 Å². The molecule has 0 atom stereocenters. The topological polar surface area (TPSA) is 65.4 Å². The standard InChI is InChI=1S/C25H25N3O3/c1-3-31-23-14-13-19(30-2)17-21(23)27-25(29)16-15-24-26-20-11-7-8-12-22(20)28(24)18-9-5-4-6-10-18/h4-14,17H,3,15-16H2,1-2H3,(H,27,29). The van der Waals surface area contributed by atoms with Crippen LogP contribution in [0.15, 0.2) is 72.8 Å². The number of ether oxygens (including phenoxy) is 2. The highest BCUT2D eigenvalue weighted by Crippen LogP contribution is 2.29. The fourth-order valence-electron chi connectivity index (χ4n) is 3.56. The zero-order chi connectivity index (χ0) is 21.6. The zero-order valence-corrected chi connectivity index (χ0v) is 17.7. The maximum atomic E-state index is 12.8. The lowest BCUT2D eigenvalue weighted by Crippen LogP contribution is -2.15. The number of nitrogens with one attached hydrogen (secondary N) is 1. The summed E-state index contributed by atoms with van der Waals surface area (Å²) in [7, 11) is 1.59. The highest BCUT2D eigenvalue weighted by molar-refractivity contribution is 5.92. The number of para-hydroxylation sites is 3. The molecule has 4 rings (SSSR count). The van der Waals surface area contributed by atoms with Crippen molar-refractivity contribution in [2.75, 3.05) is 19.0 Å². The molecule has 4 aromatic rings. The smallest absolute Gasteiger partial charge is 0.224 e. The zero-order valence-electron chi connectivity index (χ0n) is 17.7. The Balaban J connectivity index is 1.56. The number of aryl methyl sites for hydroxylation is 1. The predicted octanol–water partition coefficient (Wildman–Crippen LogP) is 5.00. The average molecular weight is 415 g/mol. The summed E-state index contributed by atoms with van der Waals surface area (Å²) in [5.74, 6) is 2.01. The third-order valence-electron chi connectivity index (χ3n) is 4.98. The molecule has 0 unspecified atom stereocenters. The number of aromatic nitrogens is 2. The molecule has 0 fully saturated rings. The van der Waals surface area contributed by atoms with E-state index in [9.17, 15) is 4.79 Å². The monoisotopic (exact) mass is 415 g/mol. The molecule has 31 heavy (non-hydrogen) atoms. The van der Waals surface area contributed by atoms with Gasteiger partial charge in [0.15, 0.2) is 0 Å². The maximum absolute atomic E-state index is 12.8. The fourth-order valence-corrected chi connectivity index (χ4v) is 3.56. The summed E-state index contributed by atoms with van der Waals surface area (Å²) in [6, 6.07) is 23.4. The fraction of sp³-hybridized carbons (Fsp3) is 0.200. The number of hydrogen-bond acceptors (Lipinski definition) is 4. The van der Waals surface area contributed by atoms with Crippen LogP contribution in [0, 0.1) is 0 Å². The summed E-state index contributed by atoms with van der Waals surface area (Å²) in [6.45, 7) is 2.42. The molecule has 1 heterocycles. The second-order valence-electron chi connectivity index (χ2n) is 7.03. The van der Waals surface area contributed by atoms with Gasteiger partial charge in [-0.2, -0.15) is 0 Å². The Morgan fingerprint density at radius 1 is 1.03 bits per heavy atom. The molecule has 0 saturated carbocycles. The van der Waals surface area contributed by atoms with Gasteiger partial charge in [-0.15, -0.1) is 0 Å². The molecule has 0 aliphatic rings. The number of carbonyl (C=O) groups is 1. The lowest BCUT2D eigenvalue weighted by atomic mass is 10.2. The average Bonchev–Trinajstić information content (AvgIpc) is 3.18. The number of nitrogens with zero attached hydrogens (tertiary/aromatic N) is 2. The molecule has 1 N–H and O–H groups in total. The molecule has 0 bridgehead atoms. The minimum atomic E-state index is -0.110. The molecule has 0 radical (unpaired) electrons. The highest BCUT2D eigenvalue weighted by atomic mass is 16.5. The van der Waals surface area contributed by atoms with Gasteiger partial charge in [0.25, 0.3) is 0 Å². The SMILES string of the molecule is CCOc1ccc(OC)cc1NC(=O)CCc1nc2ccccc2n1-c1ccccc1. The van der Waals surface area contributed by atoms with E-state index in [2.05, 4.69) is 9.88 Å². The highest BCUT2D eigenvalue weighted by Gasteiger charge is 2.15. The molecular formula is C25H25N3O3. The van der Waals surface area contributed by atoms with Crippen molar-refractivity contribution in [3.8, 4) is 17.2 Å². The third kappa shape index (κ3) is 4.53. The largest absolute Gasteiger partial charge is 0.497 e. The number of carbonyl (C=O) groups excluding carboxylic acids is 1. The van der Waals surface area contributed by atoms with Crippen molar-refractivity contribution < 1.29 is 14.3 Å². The van der Waals surface area contributed by atoms with E-state index in [1.165, 1.54) is 0 Å². The summed E-state index contributed by atoms with van der Waals surface area (Å²) in [6.07, 6.45) is 0.794. The van der Waals surface area contributed by atoms with Gasteiger partial charge in [0, 0.05) is 24.6 Å². The van der Waals surface area contributed by atoms with Crippen molar-refractivity contribution in [1.29, 1.82) is 0 Å². The van der Waals surface area contributed by atoms with E-state index in [0.29, 0.717) is 36.6 Å². The van der Waals surface area contributed by atoms with E-state index < -0.39 is 0 Å². The minimum Gasteiger partial charge on any atom is -0.497 e. The van der Waals surface area contributed by atoms with Crippen LogP contribution in [0.3, 0.4) is 0 Å². The van der Waals surface area contributed by atoms with Crippen LogP contribution in [-0.2, 0) is 11.2 Å².